The summed E-state index contributed by atoms with van der Waals surface area (Å²) >= 11 is 0. The summed E-state index contributed by atoms with van der Waals surface area (Å²) in [5, 5.41) is 7.87. The van der Waals surface area contributed by atoms with Gasteiger partial charge >= 0.3 is 11.8 Å². The van der Waals surface area contributed by atoms with E-state index in [4.69, 9.17) is 4.42 Å². The molecule has 0 radical (unpaired) electrons. The van der Waals surface area contributed by atoms with Gasteiger partial charge in [0.2, 0.25) is 15.9 Å². The van der Waals surface area contributed by atoms with Crippen LogP contribution in [0.25, 0.3) is 11.5 Å². The number of aromatic nitrogens is 2. The lowest BCUT2D eigenvalue weighted by atomic mass is 10.2. The van der Waals surface area contributed by atoms with E-state index in [1.165, 1.54) is 4.31 Å². The van der Waals surface area contributed by atoms with Gasteiger partial charge in [0.25, 0.3) is 0 Å². The Labute approximate surface area is 164 Å². The van der Waals surface area contributed by atoms with Crippen molar-refractivity contribution in [1.82, 2.24) is 19.4 Å². The van der Waals surface area contributed by atoms with Crippen molar-refractivity contribution in [2.24, 2.45) is 0 Å². The summed E-state index contributed by atoms with van der Waals surface area (Å²) in [6.07, 6.45) is 6.02. The van der Waals surface area contributed by atoms with Gasteiger partial charge < -0.3 is 9.32 Å². The normalized spacial score (nSPS) is 18.9. The van der Waals surface area contributed by atoms with Crippen LogP contribution in [0.3, 0.4) is 0 Å². The Morgan fingerprint density at radius 3 is 2.11 bits per heavy atom. The smallest absolute Gasteiger partial charge is 0.311 e. The Morgan fingerprint density at radius 2 is 1.46 bits per heavy atom. The molecule has 2 aliphatic rings. The minimum absolute atomic E-state index is 0.0225. The fourth-order valence-corrected chi connectivity index (χ4v) is 5.20. The molecule has 2 aliphatic heterocycles. The van der Waals surface area contributed by atoms with Crippen molar-refractivity contribution >= 4 is 15.9 Å². The minimum atomic E-state index is -3.46. The van der Waals surface area contributed by atoms with Crippen molar-refractivity contribution in [2.45, 2.75) is 43.4 Å². The molecule has 1 aromatic carbocycles. The van der Waals surface area contributed by atoms with Gasteiger partial charge in [0, 0.05) is 31.7 Å². The molecule has 4 rings (SSSR count). The molecule has 0 unspecified atom stereocenters. The Bertz CT molecular complexity index is 925. The summed E-state index contributed by atoms with van der Waals surface area (Å²) in [5.74, 6) is -0.0529. The number of hydrogen-bond acceptors (Lipinski definition) is 6. The molecule has 0 atom stereocenters. The molecule has 3 heterocycles. The molecular formula is C19H24N4O4S. The average molecular weight is 404 g/mol. The van der Waals surface area contributed by atoms with Gasteiger partial charge in [-0.05, 0) is 49.9 Å². The van der Waals surface area contributed by atoms with Crippen LogP contribution in [0.2, 0.25) is 0 Å². The topological polar surface area (TPSA) is 96.6 Å². The monoisotopic (exact) mass is 404 g/mol. The van der Waals surface area contributed by atoms with Crippen molar-refractivity contribution in [2.75, 3.05) is 26.2 Å². The van der Waals surface area contributed by atoms with Crippen LogP contribution in [0.5, 0.6) is 0 Å². The minimum Gasteiger partial charge on any atom is -0.412 e. The molecular weight excluding hydrogens is 380 g/mol. The maximum absolute atomic E-state index is 12.6. The second kappa shape index (κ2) is 8.00. The standard InChI is InChI=1S/C19H24N4O4S/c24-19(22-11-3-1-2-4-12-22)18-21-20-17(27-18)15-7-9-16(10-8-15)28(25,26)23-13-5-6-14-23/h7-10H,1-6,11-14H2. The SMILES string of the molecule is O=C(c1nnc(-c2ccc(S(=O)(=O)N3CCCC3)cc2)o1)N1CCCCCC1. The summed E-state index contributed by atoms with van der Waals surface area (Å²) in [6.45, 7) is 2.55. The second-order valence-corrected chi connectivity index (χ2v) is 9.19. The van der Waals surface area contributed by atoms with Crippen LogP contribution in [0.15, 0.2) is 33.6 Å². The van der Waals surface area contributed by atoms with Crippen LogP contribution in [0.4, 0.5) is 0 Å². The highest BCUT2D eigenvalue weighted by atomic mass is 32.2. The van der Waals surface area contributed by atoms with Crippen molar-refractivity contribution in [3.63, 3.8) is 0 Å². The van der Waals surface area contributed by atoms with Crippen LogP contribution in [0.1, 0.15) is 49.2 Å². The third kappa shape index (κ3) is 3.81. The first-order valence-corrected chi connectivity index (χ1v) is 11.2. The van der Waals surface area contributed by atoms with E-state index in [1.807, 2.05) is 0 Å². The third-order valence-electron chi connectivity index (χ3n) is 5.31. The Kier molecular flexibility index (Phi) is 5.45. The van der Waals surface area contributed by atoms with Crippen LogP contribution in [0, 0.1) is 0 Å². The van der Waals surface area contributed by atoms with Gasteiger partial charge in [-0.1, -0.05) is 12.8 Å². The number of sulfonamides is 1. The maximum atomic E-state index is 12.6. The van der Waals surface area contributed by atoms with Crippen molar-refractivity contribution in [3.8, 4) is 11.5 Å². The lowest BCUT2D eigenvalue weighted by molar-refractivity contribution is 0.0722. The van der Waals surface area contributed by atoms with E-state index in [2.05, 4.69) is 10.2 Å². The van der Waals surface area contributed by atoms with E-state index in [-0.39, 0.29) is 22.6 Å². The van der Waals surface area contributed by atoms with E-state index < -0.39 is 10.0 Å². The second-order valence-electron chi connectivity index (χ2n) is 7.25. The first kappa shape index (κ1) is 19.1. The molecule has 150 valence electrons. The highest BCUT2D eigenvalue weighted by Gasteiger charge is 2.27. The van der Waals surface area contributed by atoms with E-state index >= 15 is 0 Å². The number of carbonyl (C=O) groups excluding carboxylic acids is 1. The predicted octanol–water partition coefficient (Wildman–Crippen LogP) is 2.54. The Balaban J connectivity index is 1.50. The Hall–Kier alpha value is -2.26. The van der Waals surface area contributed by atoms with Crippen LogP contribution >= 0.6 is 0 Å². The van der Waals surface area contributed by atoms with Crippen molar-refractivity contribution in [3.05, 3.63) is 30.2 Å². The maximum Gasteiger partial charge on any atom is 0.311 e. The predicted molar refractivity (Wildman–Crippen MR) is 102 cm³/mol. The van der Waals surface area contributed by atoms with Gasteiger partial charge in [-0.25, -0.2) is 8.42 Å². The molecule has 0 aliphatic carbocycles. The van der Waals surface area contributed by atoms with Gasteiger partial charge in [-0.15, -0.1) is 10.2 Å². The van der Waals surface area contributed by atoms with Gasteiger partial charge in [0.05, 0.1) is 4.90 Å². The van der Waals surface area contributed by atoms with E-state index in [1.54, 1.807) is 29.2 Å². The molecule has 2 fully saturated rings. The number of nitrogens with zero attached hydrogens (tertiary/aromatic N) is 4. The largest absolute Gasteiger partial charge is 0.412 e. The van der Waals surface area contributed by atoms with Gasteiger partial charge in [-0.2, -0.15) is 4.31 Å². The van der Waals surface area contributed by atoms with Gasteiger partial charge in [0.15, 0.2) is 0 Å². The molecule has 0 spiro atoms. The molecule has 8 nitrogen and oxygen atoms in total. The molecule has 28 heavy (non-hydrogen) atoms. The fourth-order valence-electron chi connectivity index (χ4n) is 3.68. The number of amides is 1. The zero-order valence-electron chi connectivity index (χ0n) is 15.7. The molecule has 1 aromatic heterocycles. The quantitative estimate of drug-likeness (QED) is 0.777. The van der Waals surface area contributed by atoms with Gasteiger partial charge in [0.1, 0.15) is 0 Å². The number of carbonyl (C=O) groups is 1. The molecule has 9 heteroatoms. The van der Waals surface area contributed by atoms with E-state index in [9.17, 15) is 13.2 Å². The summed E-state index contributed by atoms with van der Waals surface area (Å²) in [4.78, 5) is 14.6. The summed E-state index contributed by atoms with van der Waals surface area (Å²) in [7, 11) is -3.46. The number of likely N-dealkylation sites (tertiary alicyclic amines) is 1. The fraction of sp³-hybridized carbons (Fsp3) is 0.526. The van der Waals surface area contributed by atoms with E-state index in [0.29, 0.717) is 31.7 Å². The van der Waals surface area contributed by atoms with Crippen LogP contribution in [-0.4, -0.2) is 59.9 Å². The van der Waals surface area contributed by atoms with Gasteiger partial charge in [-0.3, -0.25) is 4.79 Å². The Morgan fingerprint density at radius 1 is 0.857 bits per heavy atom. The summed E-state index contributed by atoms with van der Waals surface area (Å²) < 4.78 is 32.3. The number of rotatable bonds is 4. The van der Waals surface area contributed by atoms with Crippen LogP contribution in [-0.2, 0) is 10.0 Å². The lowest BCUT2D eigenvalue weighted by Crippen LogP contribution is -2.32. The molecule has 1 amide bonds. The zero-order chi connectivity index (χ0) is 19.6. The molecule has 0 N–H and O–H groups in total. The summed E-state index contributed by atoms with van der Waals surface area (Å²) in [6, 6.07) is 6.36. The molecule has 0 bridgehead atoms. The van der Waals surface area contributed by atoms with E-state index in [0.717, 1.165) is 38.5 Å². The molecule has 2 aromatic rings. The first-order valence-electron chi connectivity index (χ1n) is 9.79. The summed E-state index contributed by atoms with van der Waals surface area (Å²) in [5.41, 5.74) is 0.586. The average Bonchev–Trinajstić information content (AvgIpc) is 3.35. The van der Waals surface area contributed by atoms with Crippen LogP contribution < -0.4 is 0 Å². The third-order valence-corrected chi connectivity index (χ3v) is 7.22. The molecule has 2 saturated heterocycles. The van der Waals surface area contributed by atoms with Crippen molar-refractivity contribution < 1.29 is 17.6 Å². The zero-order valence-corrected chi connectivity index (χ0v) is 16.5. The highest BCUT2D eigenvalue weighted by molar-refractivity contribution is 7.89. The first-order chi connectivity index (χ1) is 13.6. The number of benzene rings is 1. The number of hydrogen-bond donors (Lipinski definition) is 0. The molecule has 0 saturated carbocycles. The van der Waals surface area contributed by atoms with Crippen molar-refractivity contribution in [1.29, 1.82) is 0 Å². The lowest BCUT2D eigenvalue weighted by Gasteiger charge is -2.17. The highest BCUT2D eigenvalue weighted by Crippen LogP contribution is 2.25.